The van der Waals surface area contributed by atoms with Gasteiger partial charge in [0, 0.05) is 23.7 Å². The van der Waals surface area contributed by atoms with E-state index in [1.54, 1.807) is 0 Å². The third kappa shape index (κ3) is 2.22. The zero-order valence-electron chi connectivity index (χ0n) is 13.3. The van der Waals surface area contributed by atoms with Crippen LogP contribution >= 0.6 is 0 Å². The Labute approximate surface area is 121 Å². The monoisotopic (exact) mass is 274 g/mol. The molecule has 0 radical (unpaired) electrons. The summed E-state index contributed by atoms with van der Waals surface area (Å²) in [5, 5.41) is 0. The lowest BCUT2D eigenvalue weighted by molar-refractivity contribution is 0.316. The Kier molecular flexibility index (Phi) is 3.87. The van der Waals surface area contributed by atoms with Gasteiger partial charge < -0.3 is 10.3 Å². The zero-order valence-corrected chi connectivity index (χ0v) is 13.3. The van der Waals surface area contributed by atoms with Gasteiger partial charge in [-0.05, 0) is 39.7 Å². The molecule has 2 rings (SSSR count). The number of aromatic nitrogens is 3. The van der Waals surface area contributed by atoms with E-state index in [2.05, 4.69) is 44.2 Å². The zero-order chi connectivity index (χ0) is 15.0. The maximum Gasteiger partial charge on any atom is 0.117 e. The van der Waals surface area contributed by atoms with E-state index in [9.17, 15) is 0 Å². The Morgan fingerprint density at radius 3 is 2.35 bits per heavy atom. The lowest BCUT2D eigenvalue weighted by Crippen LogP contribution is -2.39. The SMILES string of the molecule is CCC(CC)(CN)c1nc2cnccc2n1C(C)(C)C. The highest BCUT2D eigenvalue weighted by atomic mass is 15.1. The van der Waals surface area contributed by atoms with Crippen molar-refractivity contribution >= 4 is 11.0 Å². The molecule has 2 N–H and O–H groups in total. The molecule has 4 nitrogen and oxygen atoms in total. The molecule has 0 unspecified atom stereocenters. The summed E-state index contributed by atoms with van der Waals surface area (Å²) in [5.41, 5.74) is 8.13. The lowest BCUT2D eigenvalue weighted by atomic mass is 9.81. The minimum Gasteiger partial charge on any atom is -0.329 e. The fourth-order valence-electron chi connectivity index (χ4n) is 2.91. The lowest BCUT2D eigenvalue weighted by Gasteiger charge is -2.34. The number of rotatable bonds is 4. The molecule has 4 heteroatoms. The van der Waals surface area contributed by atoms with E-state index >= 15 is 0 Å². The summed E-state index contributed by atoms with van der Waals surface area (Å²) in [6.07, 6.45) is 5.66. The van der Waals surface area contributed by atoms with Crippen molar-refractivity contribution < 1.29 is 0 Å². The first kappa shape index (κ1) is 15.0. The van der Waals surface area contributed by atoms with Crippen LogP contribution in [0.25, 0.3) is 11.0 Å². The predicted molar refractivity (Wildman–Crippen MR) is 83.8 cm³/mol. The van der Waals surface area contributed by atoms with E-state index in [4.69, 9.17) is 10.7 Å². The normalized spacial score (nSPS) is 13.1. The highest BCUT2D eigenvalue weighted by molar-refractivity contribution is 5.75. The van der Waals surface area contributed by atoms with Gasteiger partial charge in [0.05, 0.1) is 11.7 Å². The smallest absolute Gasteiger partial charge is 0.117 e. The van der Waals surface area contributed by atoms with Gasteiger partial charge in [0.2, 0.25) is 0 Å². The molecule has 2 aromatic heterocycles. The second-order valence-electron chi connectivity index (χ2n) is 6.50. The molecular weight excluding hydrogens is 248 g/mol. The van der Waals surface area contributed by atoms with Gasteiger partial charge in [-0.2, -0.15) is 0 Å². The molecule has 2 heterocycles. The Bertz CT molecular complexity index is 580. The van der Waals surface area contributed by atoms with Crippen molar-refractivity contribution in [3.8, 4) is 0 Å². The highest BCUT2D eigenvalue weighted by Crippen LogP contribution is 2.35. The van der Waals surface area contributed by atoms with E-state index in [0.717, 1.165) is 29.7 Å². The predicted octanol–water partition coefficient (Wildman–Crippen LogP) is 3.20. The van der Waals surface area contributed by atoms with Crippen LogP contribution in [0.2, 0.25) is 0 Å². The van der Waals surface area contributed by atoms with E-state index in [1.807, 2.05) is 18.5 Å². The van der Waals surface area contributed by atoms with Gasteiger partial charge in [-0.15, -0.1) is 0 Å². The van der Waals surface area contributed by atoms with E-state index in [-0.39, 0.29) is 11.0 Å². The van der Waals surface area contributed by atoms with Crippen molar-refractivity contribution in [2.75, 3.05) is 6.54 Å². The minimum atomic E-state index is -0.0632. The van der Waals surface area contributed by atoms with Crippen LogP contribution in [-0.2, 0) is 11.0 Å². The van der Waals surface area contributed by atoms with Gasteiger partial charge in [0.25, 0.3) is 0 Å². The number of fused-ring (bicyclic) bond motifs is 1. The summed E-state index contributed by atoms with van der Waals surface area (Å²) in [5.74, 6) is 1.10. The molecular formula is C16H26N4. The summed E-state index contributed by atoms with van der Waals surface area (Å²) in [4.78, 5) is 9.09. The van der Waals surface area contributed by atoms with Crippen molar-refractivity contribution in [3.05, 3.63) is 24.3 Å². The first-order valence-corrected chi connectivity index (χ1v) is 7.43. The molecule has 20 heavy (non-hydrogen) atoms. The molecule has 110 valence electrons. The molecule has 0 saturated carbocycles. The van der Waals surface area contributed by atoms with Crippen LogP contribution in [-0.4, -0.2) is 21.1 Å². The topological polar surface area (TPSA) is 56.7 Å². The number of nitrogens with two attached hydrogens (primary N) is 1. The van der Waals surface area contributed by atoms with Crippen LogP contribution < -0.4 is 5.73 Å². The molecule has 0 amide bonds. The van der Waals surface area contributed by atoms with Crippen molar-refractivity contribution in [1.29, 1.82) is 0 Å². The van der Waals surface area contributed by atoms with E-state index in [1.165, 1.54) is 0 Å². The molecule has 0 saturated heterocycles. The van der Waals surface area contributed by atoms with Crippen LogP contribution in [0.4, 0.5) is 0 Å². The van der Waals surface area contributed by atoms with Gasteiger partial charge in [0.1, 0.15) is 11.3 Å². The van der Waals surface area contributed by atoms with Gasteiger partial charge >= 0.3 is 0 Å². The van der Waals surface area contributed by atoms with Crippen LogP contribution in [0.15, 0.2) is 18.5 Å². The molecule has 0 atom stereocenters. The maximum absolute atomic E-state index is 6.13. The first-order valence-electron chi connectivity index (χ1n) is 7.43. The van der Waals surface area contributed by atoms with E-state index < -0.39 is 0 Å². The number of hydrogen-bond acceptors (Lipinski definition) is 3. The van der Waals surface area contributed by atoms with Crippen LogP contribution in [0.1, 0.15) is 53.3 Å². The molecule has 0 spiro atoms. The molecule has 0 aliphatic heterocycles. The third-order valence-corrected chi connectivity index (χ3v) is 4.35. The summed E-state index contributed by atoms with van der Waals surface area (Å²) in [6, 6.07) is 2.05. The van der Waals surface area contributed by atoms with E-state index in [0.29, 0.717) is 6.54 Å². The Hall–Kier alpha value is -1.42. The van der Waals surface area contributed by atoms with Gasteiger partial charge in [-0.1, -0.05) is 13.8 Å². The standard InChI is InChI=1S/C16H26N4/c1-6-16(7-2,11-17)14-19-12-10-18-9-8-13(12)20(14)15(3,4)5/h8-10H,6-7,11,17H2,1-5H3. The van der Waals surface area contributed by atoms with Crippen molar-refractivity contribution in [3.63, 3.8) is 0 Å². The van der Waals surface area contributed by atoms with Crippen molar-refractivity contribution in [1.82, 2.24) is 14.5 Å². The van der Waals surface area contributed by atoms with Gasteiger partial charge in [-0.25, -0.2) is 4.98 Å². The second-order valence-corrected chi connectivity index (χ2v) is 6.50. The van der Waals surface area contributed by atoms with Gasteiger partial charge in [0.15, 0.2) is 0 Å². The molecule has 0 aromatic carbocycles. The van der Waals surface area contributed by atoms with Crippen molar-refractivity contribution in [2.24, 2.45) is 5.73 Å². The van der Waals surface area contributed by atoms with Crippen LogP contribution in [0.5, 0.6) is 0 Å². The fraction of sp³-hybridized carbons (Fsp3) is 0.625. The highest BCUT2D eigenvalue weighted by Gasteiger charge is 2.35. The quantitative estimate of drug-likeness (QED) is 0.931. The molecule has 0 bridgehead atoms. The fourth-order valence-corrected chi connectivity index (χ4v) is 2.91. The number of hydrogen-bond donors (Lipinski definition) is 1. The summed E-state index contributed by atoms with van der Waals surface area (Å²) in [6.45, 7) is 11.6. The average Bonchev–Trinajstić information content (AvgIpc) is 2.81. The largest absolute Gasteiger partial charge is 0.329 e. The summed E-state index contributed by atoms with van der Waals surface area (Å²) >= 11 is 0. The Morgan fingerprint density at radius 1 is 1.20 bits per heavy atom. The molecule has 0 aliphatic rings. The van der Waals surface area contributed by atoms with Gasteiger partial charge in [-0.3, -0.25) is 4.98 Å². The van der Waals surface area contributed by atoms with Crippen LogP contribution in [0.3, 0.4) is 0 Å². The van der Waals surface area contributed by atoms with Crippen molar-refractivity contribution in [2.45, 2.75) is 58.4 Å². The number of pyridine rings is 1. The molecule has 0 fully saturated rings. The Morgan fingerprint density at radius 2 is 1.85 bits per heavy atom. The third-order valence-electron chi connectivity index (χ3n) is 4.35. The van der Waals surface area contributed by atoms with Crippen LogP contribution in [0, 0.1) is 0 Å². The summed E-state index contributed by atoms with van der Waals surface area (Å²) < 4.78 is 2.34. The summed E-state index contributed by atoms with van der Waals surface area (Å²) in [7, 11) is 0. The molecule has 2 aromatic rings. The molecule has 0 aliphatic carbocycles. The number of imidazole rings is 1. The minimum absolute atomic E-state index is 0.0316. The Balaban J connectivity index is 2.82. The first-order chi connectivity index (χ1) is 9.39. The average molecular weight is 274 g/mol. The maximum atomic E-state index is 6.13. The number of nitrogens with zero attached hydrogens (tertiary/aromatic N) is 3. The second kappa shape index (κ2) is 5.17.